The molecule has 100 valence electrons. The normalized spacial score (nSPS) is 10.5. The summed E-state index contributed by atoms with van der Waals surface area (Å²) in [6, 6.07) is 7.81. The van der Waals surface area contributed by atoms with Crippen LogP contribution in [0, 0.1) is 6.92 Å². The second-order valence-electron chi connectivity index (χ2n) is 4.34. The van der Waals surface area contributed by atoms with Crippen molar-refractivity contribution in [3.8, 4) is 0 Å². The van der Waals surface area contributed by atoms with E-state index in [1.807, 2.05) is 31.2 Å². The topological polar surface area (TPSA) is 46.9 Å². The van der Waals surface area contributed by atoms with Crippen molar-refractivity contribution in [2.75, 3.05) is 5.32 Å². The highest BCUT2D eigenvalue weighted by molar-refractivity contribution is 9.10. The van der Waals surface area contributed by atoms with E-state index in [1.165, 1.54) is 0 Å². The van der Waals surface area contributed by atoms with Crippen molar-refractivity contribution >= 4 is 27.5 Å². The molecule has 0 unspecified atom stereocenters. The van der Waals surface area contributed by atoms with Gasteiger partial charge < -0.3 is 5.32 Å². The first kappa shape index (κ1) is 13.8. The smallest absolute Gasteiger partial charge is 0.275 e. The molecule has 0 atom stereocenters. The first-order valence-corrected chi connectivity index (χ1v) is 6.92. The number of halogens is 1. The highest BCUT2D eigenvalue weighted by Crippen LogP contribution is 2.22. The van der Waals surface area contributed by atoms with Gasteiger partial charge in [0.2, 0.25) is 0 Å². The van der Waals surface area contributed by atoms with Gasteiger partial charge in [-0.15, -0.1) is 0 Å². The minimum Gasteiger partial charge on any atom is -0.320 e. The predicted molar refractivity (Wildman–Crippen MR) is 79.4 cm³/mol. The Morgan fingerprint density at radius 1 is 1.42 bits per heavy atom. The van der Waals surface area contributed by atoms with Gasteiger partial charge in [0.15, 0.2) is 0 Å². The second kappa shape index (κ2) is 5.57. The number of aromatic nitrogens is 2. The maximum atomic E-state index is 12.3. The first-order chi connectivity index (χ1) is 9.04. The summed E-state index contributed by atoms with van der Waals surface area (Å²) >= 11 is 3.41. The largest absolute Gasteiger partial charge is 0.320 e. The SMILES string of the molecule is CCc1ccccc1NC(=O)c1c(Br)c(C)nn1C. The third kappa shape index (κ3) is 2.71. The van der Waals surface area contributed by atoms with E-state index in [2.05, 4.69) is 33.3 Å². The molecule has 0 fully saturated rings. The fourth-order valence-electron chi connectivity index (χ4n) is 2.01. The molecule has 4 nitrogen and oxygen atoms in total. The lowest BCUT2D eigenvalue weighted by molar-refractivity contribution is 0.101. The van der Waals surface area contributed by atoms with Gasteiger partial charge in [0, 0.05) is 12.7 Å². The lowest BCUT2D eigenvalue weighted by atomic mass is 10.1. The van der Waals surface area contributed by atoms with E-state index < -0.39 is 0 Å². The van der Waals surface area contributed by atoms with Gasteiger partial charge in [-0.05, 0) is 40.9 Å². The van der Waals surface area contributed by atoms with Gasteiger partial charge in [0.05, 0.1) is 10.2 Å². The van der Waals surface area contributed by atoms with Gasteiger partial charge in [0.1, 0.15) is 5.69 Å². The summed E-state index contributed by atoms with van der Waals surface area (Å²) < 4.78 is 2.32. The number of rotatable bonds is 3. The summed E-state index contributed by atoms with van der Waals surface area (Å²) in [5, 5.41) is 7.17. The third-order valence-corrected chi connectivity index (χ3v) is 3.96. The van der Waals surface area contributed by atoms with Gasteiger partial charge in [0.25, 0.3) is 5.91 Å². The van der Waals surface area contributed by atoms with E-state index in [-0.39, 0.29) is 5.91 Å². The van der Waals surface area contributed by atoms with E-state index >= 15 is 0 Å². The molecule has 1 aromatic carbocycles. The van der Waals surface area contributed by atoms with Crippen LogP contribution in [0.3, 0.4) is 0 Å². The van der Waals surface area contributed by atoms with E-state index in [4.69, 9.17) is 0 Å². The molecule has 1 aromatic heterocycles. The zero-order chi connectivity index (χ0) is 14.0. The number of amides is 1. The number of benzene rings is 1. The molecule has 0 aliphatic heterocycles. The van der Waals surface area contributed by atoms with Gasteiger partial charge in [-0.25, -0.2) is 0 Å². The predicted octanol–water partition coefficient (Wildman–Crippen LogP) is 3.31. The highest BCUT2D eigenvalue weighted by atomic mass is 79.9. The molecule has 19 heavy (non-hydrogen) atoms. The number of hydrogen-bond donors (Lipinski definition) is 1. The van der Waals surface area contributed by atoms with Crippen molar-refractivity contribution in [1.82, 2.24) is 9.78 Å². The Hall–Kier alpha value is -1.62. The second-order valence-corrected chi connectivity index (χ2v) is 5.13. The van der Waals surface area contributed by atoms with Crippen molar-refractivity contribution in [1.29, 1.82) is 0 Å². The van der Waals surface area contributed by atoms with Crippen molar-refractivity contribution in [3.63, 3.8) is 0 Å². The maximum Gasteiger partial charge on any atom is 0.275 e. The van der Waals surface area contributed by atoms with E-state index in [0.717, 1.165) is 27.8 Å². The van der Waals surface area contributed by atoms with Crippen molar-refractivity contribution < 1.29 is 4.79 Å². The van der Waals surface area contributed by atoms with Crippen LogP contribution < -0.4 is 5.32 Å². The molecule has 0 radical (unpaired) electrons. The summed E-state index contributed by atoms with van der Waals surface area (Å²) in [5.41, 5.74) is 3.30. The van der Waals surface area contributed by atoms with Crippen LogP contribution in [-0.2, 0) is 13.5 Å². The number of aryl methyl sites for hydroxylation is 3. The summed E-state index contributed by atoms with van der Waals surface area (Å²) in [5.74, 6) is -0.157. The van der Waals surface area contributed by atoms with Gasteiger partial charge >= 0.3 is 0 Å². The summed E-state index contributed by atoms with van der Waals surface area (Å²) in [6.45, 7) is 3.93. The van der Waals surface area contributed by atoms with Crippen LogP contribution in [0.2, 0.25) is 0 Å². The molecule has 1 heterocycles. The molecule has 5 heteroatoms. The van der Waals surface area contributed by atoms with E-state index in [0.29, 0.717) is 5.69 Å². The van der Waals surface area contributed by atoms with Gasteiger partial charge in [-0.2, -0.15) is 5.10 Å². The zero-order valence-electron chi connectivity index (χ0n) is 11.2. The number of anilines is 1. The lowest BCUT2D eigenvalue weighted by Crippen LogP contribution is -2.17. The number of hydrogen-bond acceptors (Lipinski definition) is 2. The Morgan fingerprint density at radius 3 is 2.68 bits per heavy atom. The average molecular weight is 322 g/mol. The summed E-state index contributed by atoms with van der Waals surface area (Å²) in [6.07, 6.45) is 0.877. The molecule has 0 aliphatic rings. The van der Waals surface area contributed by atoms with Crippen LogP contribution in [0.5, 0.6) is 0 Å². The molecular formula is C14H16BrN3O. The van der Waals surface area contributed by atoms with Crippen molar-refractivity contribution in [2.45, 2.75) is 20.3 Å². The van der Waals surface area contributed by atoms with Crippen LogP contribution in [-0.4, -0.2) is 15.7 Å². The molecule has 0 spiro atoms. The highest BCUT2D eigenvalue weighted by Gasteiger charge is 2.18. The first-order valence-electron chi connectivity index (χ1n) is 6.13. The fraction of sp³-hybridized carbons (Fsp3) is 0.286. The zero-order valence-corrected chi connectivity index (χ0v) is 12.8. The number of carbonyl (C=O) groups is 1. The number of nitrogens with zero attached hydrogens (tertiary/aromatic N) is 2. The van der Waals surface area contributed by atoms with Crippen LogP contribution in [0.25, 0.3) is 0 Å². The molecule has 2 aromatic rings. The standard InChI is InChI=1S/C14H16BrN3O/c1-4-10-7-5-6-8-11(10)16-14(19)13-12(15)9(2)17-18(13)3/h5-8H,4H2,1-3H3,(H,16,19). The quantitative estimate of drug-likeness (QED) is 0.942. The molecule has 0 aliphatic carbocycles. The number of nitrogens with one attached hydrogen (secondary N) is 1. The Bertz CT molecular complexity index is 619. The number of para-hydroxylation sites is 1. The van der Waals surface area contributed by atoms with Crippen LogP contribution >= 0.6 is 15.9 Å². The maximum absolute atomic E-state index is 12.3. The Balaban J connectivity index is 2.31. The number of carbonyl (C=O) groups excluding carboxylic acids is 1. The minimum atomic E-state index is -0.157. The Labute approximate surface area is 120 Å². The summed E-state index contributed by atoms with van der Waals surface area (Å²) in [7, 11) is 1.76. The van der Waals surface area contributed by atoms with Crippen molar-refractivity contribution in [2.24, 2.45) is 7.05 Å². The van der Waals surface area contributed by atoms with Crippen LogP contribution in [0.4, 0.5) is 5.69 Å². The minimum absolute atomic E-state index is 0.157. The average Bonchev–Trinajstić information content (AvgIpc) is 2.64. The van der Waals surface area contributed by atoms with E-state index in [9.17, 15) is 4.79 Å². The molecular weight excluding hydrogens is 306 g/mol. The Kier molecular flexibility index (Phi) is 4.04. The molecule has 1 amide bonds. The molecule has 0 bridgehead atoms. The fourth-order valence-corrected chi connectivity index (χ4v) is 2.53. The molecule has 0 saturated carbocycles. The van der Waals surface area contributed by atoms with Crippen molar-refractivity contribution in [3.05, 3.63) is 45.7 Å². The van der Waals surface area contributed by atoms with Gasteiger partial charge in [-0.1, -0.05) is 25.1 Å². The monoisotopic (exact) mass is 321 g/mol. The van der Waals surface area contributed by atoms with Gasteiger partial charge in [-0.3, -0.25) is 9.48 Å². The van der Waals surface area contributed by atoms with Crippen LogP contribution in [0.15, 0.2) is 28.7 Å². The van der Waals surface area contributed by atoms with E-state index in [1.54, 1.807) is 11.7 Å². The van der Waals surface area contributed by atoms with Crippen LogP contribution in [0.1, 0.15) is 28.7 Å². The molecule has 1 N–H and O–H groups in total. The third-order valence-electron chi connectivity index (χ3n) is 3.01. The molecule has 0 saturated heterocycles. The summed E-state index contributed by atoms with van der Waals surface area (Å²) in [4.78, 5) is 12.3. The molecule has 2 rings (SSSR count). The lowest BCUT2D eigenvalue weighted by Gasteiger charge is -2.10. The Morgan fingerprint density at radius 2 is 2.11 bits per heavy atom.